The summed E-state index contributed by atoms with van der Waals surface area (Å²) in [5.41, 5.74) is 4.75. The van der Waals surface area contributed by atoms with Crippen molar-refractivity contribution in [3.05, 3.63) is 48.6 Å². The van der Waals surface area contributed by atoms with E-state index in [0.29, 0.717) is 11.1 Å². The van der Waals surface area contributed by atoms with Crippen LogP contribution in [0.4, 0.5) is 0 Å². The maximum Gasteiger partial charge on any atom is 0.156 e. The molecule has 0 aromatic rings. The Bertz CT molecular complexity index is 419. The highest BCUT2D eigenvalue weighted by atomic mass is 28.3. The summed E-state index contributed by atoms with van der Waals surface area (Å²) in [4.78, 5) is 2.13. The zero-order valence-corrected chi connectivity index (χ0v) is 12.4. The average Bonchev–Trinajstić information content (AvgIpc) is 3.02. The van der Waals surface area contributed by atoms with Crippen LogP contribution in [0.2, 0.25) is 17.6 Å². The minimum Gasteiger partial charge on any atom is -0.299 e. The van der Waals surface area contributed by atoms with Crippen LogP contribution in [-0.2, 0) is 0 Å². The Labute approximate surface area is 112 Å². The maximum atomic E-state index is 3.65. The summed E-state index contributed by atoms with van der Waals surface area (Å²) in [7, 11) is 2.45. The molecule has 0 saturated carbocycles. The van der Waals surface area contributed by atoms with Crippen LogP contribution >= 0.6 is 0 Å². The van der Waals surface area contributed by atoms with Crippen molar-refractivity contribution in [1.82, 2.24) is 4.90 Å². The maximum absolute atomic E-state index is 3.65. The van der Waals surface area contributed by atoms with E-state index in [1.54, 1.807) is 0 Å². The van der Waals surface area contributed by atoms with Crippen molar-refractivity contribution in [1.29, 1.82) is 0 Å². The fourth-order valence-electron chi connectivity index (χ4n) is 2.44. The molecular formula is C16H21NSi. The van der Waals surface area contributed by atoms with Gasteiger partial charge in [-0.25, -0.2) is 0 Å². The van der Waals surface area contributed by atoms with Crippen molar-refractivity contribution in [3.8, 4) is 11.5 Å². The molecule has 0 radical (unpaired) electrons. The molecule has 0 spiro atoms. The Balaban J connectivity index is 2.23. The summed E-state index contributed by atoms with van der Waals surface area (Å²) in [6, 6.07) is 0. The number of rotatable bonds is 3. The summed E-state index contributed by atoms with van der Waals surface area (Å²) >= 11 is 0. The Morgan fingerprint density at radius 3 is 1.78 bits per heavy atom. The fourth-order valence-corrected chi connectivity index (χ4v) is 5.72. The molecule has 0 aliphatic heterocycles. The second kappa shape index (κ2) is 5.56. The van der Waals surface area contributed by atoms with Crippen molar-refractivity contribution in [2.75, 3.05) is 20.6 Å². The molecule has 0 bridgehead atoms. The molecule has 2 rings (SSSR count). The molecule has 0 atom stereocenters. The number of allylic oxidation sites excluding steroid dienone is 8. The monoisotopic (exact) mass is 255 g/mol. The van der Waals surface area contributed by atoms with Crippen LogP contribution in [0.5, 0.6) is 0 Å². The molecule has 0 heterocycles. The van der Waals surface area contributed by atoms with E-state index in [0.717, 1.165) is 6.54 Å². The molecule has 94 valence electrons. The largest absolute Gasteiger partial charge is 0.299 e. The van der Waals surface area contributed by atoms with Crippen molar-refractivity contribution >= 4 is 8.07 Å². The van der Waals surface area contributed by atoms with E-state index in [4.69, 9.17) is 0 Å². The third-order valence-electron chi connectivity index (χ3n) is 3.63. The lowest BCUT2D eigenvalue weighted by Gasteiger charge is -2.30. The van der Waals surface area contributed by atoms with Gasteiger partial charge in [-0.3, -0.25) is 4.90 Å². The van der Waals surface area contributed by atoms with Gasteiger partial charge in [0.2, 0.25) is 0 Å². The Kier molecular flexibility index (Phi) is 4.06. The molecule has 0 N–H and O–H groups in total. The molecule has 0 unspecified atom stereocenters. The summed E-state index contributed by atoms with van der Waals surface area (Å²) in [6.45, 7) is 3.26. The number of nitrogens with zero attached hydrogens (tertiary/aromatic N) is 1. The third kappa shape index (κ3) is 2.74. The van der Waals surface area contributed by atoms with Crippen LogP contribution in [0.3, 0.4) is 0 Å². The zero-order chi connectivity index (χ0) is 13.0. The van der Waals surface area contributed by atoms with E-state index in [1.165, 1.54) is 0 Å². The van der Waals surface area contributed by atoms with Gasteiger partial charge in [0, 0.05) is 11.1 Å². The summed E-state index contributed by atoms with van der Waals surface area (Å²) in [5, 5.41) is 0. The Morgan fingerprint density at radius 1 is 0.944 bits per heavy atom. The second-order valence-corrected chi connectivity index (χ2v) is 9.56. The molecule has 0 amide bonds. The van der Waals surface area contributed by atoms with Crippen LogP contribution in [0.15, 0.2) is 48.6 Å². The normalized spacial score (nSPS) is 18.9. The fraction of sp³-hybridized carbons (Fsp3) is 0.375. The molecule has 2 aliphatic rings. The minimum absolute atomic E-state index is 0.546. The molecule has 0 saturated heterocycles. The molecule has 0 aromatic heterocycles. The van der Waals surface area contributed by atoms with E-state index in [1.807, 2.05) is 0 Å². The van der Waals surface area contributed by atoms with E-state index in [-0.39, 0.29) is 0 Å². The van der Waals surface area contributed by atoms with Gasteiger partial charge in [0.15, 0.2) is 8.07 Å². The van der Waals surface area contributed by atoms with Crippen LogP contribution in [-0.4, -0.2) is 33.6 Å². The zero-order valence-electron chi connectivity index (χ0n) is 11.4. The van der Waals surface area contributed by atoms with Gasteiger partial charge < -0.3 is 0 Å². The van der Waals surface area contributed by atoms with Crippen LogP contribution in [0, 0.1) is 11.5 Å². The van der Waals surface area contributed by atoms with Gasteiger partial charge in [0.25, 0.3) is 0 Å². The standard InChI is InChI=1S/C16H21NSi/c1-17(2)13-8-14-18(3,15-9-4-5-10-15)16-11-6-7-12-16/h4-7,9-12,15-16H,13H2,1-3H3. The van der Waals surface area contributed by atoms with Gasteiger partial charge >= 0.3 is 0 Å². The molecule has 2 aliphatic carbocycles. The highest BCUT2D eigenvalue weighted by Crippen LogP contribution is 2.40. The molecular weight excluding hydrogens is 234 g/mol. The summed E-state index contributed by atoms with van der Waals surface area (Å²) in [6.07, 6.45) is 17.9. The summed E-state index contributed by atoms with van der Waals surface area (Å²) in [5.74, 6) is 3.38. The highest BCUT2D eigenvalue weighted by Gasteiger charge is 2.39. The third-order valence-corrected chi connectivity index (χ3v) is 7.89. The first-order valence-electron chi connectivity index (χ1n) is 6.47. The lowest BCUT2D eigenvalue weighted by molar-refractivity contribution is 0.464. The van der Waals surface area contributed by atoms with E-state index in [9.17, 15) is 0 Å². The van der Waals surface area contributed by atoms with E-state index in [2.05, 4.69) is 85.6 Å². The molecule has 0 fully saturated rings. The van der Waals surface area contributed by atoms with Crippen LogP contribution in [0.1, 0.15) is 0 Å². The van der Waals surface area contributed by atoms with Gasteiger partial charge in [-0.2, -0.15) is 0 Å². The SMILES string of the molecule is CN(C)CC#C[Si](C)(C1C=CC=C1)C1C=CC=C1. The van der Waals surface area contributed by atoms with Crippen LogP contribution in [0.25, 0.3) is 0 Å². The van der Waals surface area contributed by atoms with E-state index >= 15 is 0 Å². The average molecular weight is 255 g/mol. The smallest absolute Gasteiger partial charge is 0.156 e. The van der Waals surface area contributed by atoms with Crippen molar-refractivity contribution in [2.24, 2.45) is 0 Å². The second-order valence-electron chi connectivity index (χ2n) is 5.41. The minimum atomic E-state index is -1.69. The Hall–Kier alpha value is -1.30. The first-order valence-corrected chi connectivity index (χ1v) is 9.13. The number of hydrogen-bond acceptors (Lipinski definition) is 1. The molecule has 18 heavy (non-hydrogen) atoms. The predicted molar refractivity (Wildman–Crippen MR) is 82.0 cm³/mol. The lowest BCUT2D eigenvalue weighted by Crippen LogP contribution is -2.37. The predicted octanol–water partition coefficient (Wildman–Crippen LogP) is 3.16. The molecule has 2 heteroatoms. The van der Waals surface area contributed by atoms with Gasteiger partial charge in [-0.1, -0.05) is 61.1 Å². The van der Waals surface area contributed by atoms with Gasteiger partial charge in [-0.15, -0.1) is 5.54 Å². The Morgan fingerprint density at radius 2 is 1.39 bits per heavy atom. The van der Waals surface area contributed by atoms with Gasteiger partial charge in [-0.05, 0) is 14.1 Å². The molecule has 1 nitrogen and oxygen atoms in total. The lowest BCUT2D eigenvalue weighted by atomic mass is 10.4. The van der Waals surface area contributed by atoms with Gasteiger partial charge in [0.1, 0.15) is 0 Å². The van der Waals surface area contributed by atoms with Gasteiger partial charge in [0.05, 0.1) is 6.54 Å². The van der Waals surface area contributed by atoms with Crippen molar-refractivity contribution in [2.45, 2.75) is 17.6 Å². The highest BCUT2D eigenvalue weighted by molar-refractivity contribution is 6.90. The first kappa shape index (κ1) is 13.1. The van der Waals surface area contributed by atoms with Crippen molar-refractivity contribution < 1.29 is 0 Å². The first-order chi connectivity index (χ1) is 8.63. The number of hydrogen-bond donors (Lipinski definition) is 0. The summed E-state index contributed by atoms with van der Waals surface area (Å²) < 4.78 is 0. The van der Waals surface area contributed by atoms with Crippen molar-refractivity contribution in [3.63, 3.8) is 0 Å². The topological polar surface area (TPSA) is 3.24 Å². The van der Waals surface area contributed by atoms with Crippen LogP contribution < -0.4 is 0 Å². The molecule has 0 aromatic carbocycles. The van der Waals surface area contributed by atoms with E-state index < -0.39 is 8.07 Å². The quantitative estimate of drug-likeness (QED) is 0.553.